The second-order valence-corrected chi connectivity index (χ2v) is 9.56. The van der Waals surface area contributed by atoms with Crippen molar-refractivity contribution in [1.29, 1.82) is 0 Å². The van der Waals surface area contributed by atoms with Crippen LogP contribution >= 0.6 is 15.9 Å². The maximum absolute atomic E-state index is 12.4. The molecule has 1 saturated carbocycles. The largest absolute Gasteiger partial charge is 0.487 e. The molecule has 28 heavy (non-hydrogen) atoms. The molecule has 1 amide bonds. The summed E-state index contributed by atoms with van der Waals surface area (Å²) >= 11 is 3.64. The highest BCUT2D eigenvalue weighted by atomic mass is 79.9. The van der Waals surface area contributed by atoms with Gasteiger partial charge < -0.3 is 14.4 Å². The van der Waals surface area contributed by atoms with Crippen LogP contribution in [0.2, 0.25) is 0 Å². The lowest BCUT2D eigenvalue weighted by Gasteiger charge is -2.34. The fourth-order valence-electron chi connectivity index (χ4n) is 3.46. The molecular weight excluding hydrogens is 424 g/mol. The second kappa shape index (κ2) is 7.54. The summed E-state index contributed by atoms with van der Waals surface area (Å²) in [6.45, 7) is 7.79. The smallest absolute Gasteiger partial charge is 0.410 e. The summed E-state index contributed by atoms with van der Waals surface area (Å²) in [5.74, 6) is 1.47. The average Bonchev–Trinajstić information content (AvgIpc) is 3.35. The van der Waals surface area contributed by atoms with Crippen LogP contribution in [0.15, 0.2) is 16.6 Å². The third-order valence-electron chi connectivity index (χ3n) is 5.04. The van der Waals surface area contributed by atoms with E-state index in [1.807, 2.05) is 37.6 Å². The van der Waals surface area contributed by atoms with Gasteiger partial charge in [0, 0.05) is 13.1 Å². The van der Waals surface area contributed by atoms with Gasteiger partial charge in [0.1, 0.15) is 23.0 Å². The zero-order valence-corrected chi connectivity index (χ0v) is 18.2. The number of ether oxygens (including phenoxy) is 2. The SMILES string of the molecule is CC(C)(C)OC(=O)N1CCCC(Oc2ccc3c(nnn3CC3CC3)c2Br)C1. The van der Waals surface area contributed by atoms with Crippen molar-refractivity contribution in [1.82, 2.24) is 19.9 Å². The van der Waals surface area contributed by atoms with Crippen LogP contribution in [-0.2, 0) is 11.3 Å². The Morgan fingerprint density at radius 2 is 2.07 bits per heavy atom. The van der Waals surface area contributed by atoms with E-state index in [1.165, 1.54) is 12.8 Å². The molecule has 1 aromatic carbocycles. The number of carbonyl (C=O) groups is 1. The van der Waals surface area contributed by atoms with Gasteiger partial charge in [-0.2, -0.15) is 0 Å². The number of aromatic nitrogens is 3. The topological polar surface area (TPSA) is 69.5 Å². The Bertz CT molecular complexity index is 872. The van der Waals surface area contributed by atoms with Crippen LogP contribution in [0.5, 0.6) is 5.75 Å². The highest BCUT2D eigenvalue weighted by Gasteiger charge is 2.29. The van der Waals surface area contributed by atoms with Crippen molar-refractivity contribution in [3.63, 3.8) is 0 Å². The van der Waals surface area contributed by atoms with Gasteiger partial charge >= 0.3 is 6.09 Å². The second-order valence-electron chi connectivity index (χ2n) is 8.77. The number of piperidine rings is 1. The summed E-state index contributed by atoms with van der Waals surface area (Å²) in [6.07, 6.45) is 3.99. The highest BCUT2D eigenvalue weighted by Crippen LogP contribution is 2.35. The van der Waals surface area contributed by atoms with Crippen LogP contribution < -0.4 is 4.74 Å². The third-order valence-corrected chi connectivity index (χ3v) is 5.81. The van der Waals surface area contributed by atoms with Crippen molar-refractivity contribution in [2.75, 3.05) is 13.1 Å². The van der Waals surface area contributed by atoms with Gasteiger partial charge in [0.05, 0.1) is 16.5 Å². The minimum absolute atomic E-state index is 0.0727. The standard InChI is InChI=1S/C20H27BrN4O3/c1-20(2,3)28-19(26)24-10-4-5-14(12-24)27-16-9-8-15-18(17(16)21)22-23-25(15)11-13-6-7-13/h8-9,13-14H,4-7,10-12H2,1-3H3. The molecule has 2 aliphatic rings. The summed E-state index contributed by atoms with van der Waals surface area (Å²) in [4.78, 5) is 14.1. The Hall–Kier alpha value is -1.83. The molecule has 2 heterocycles. The minimum atomic E-state index is -0.495. The normalized spacial score (nSPS) is 20.4. The molecule has 0 spiro atoms. The van der Waals surface area contributed by atoms with Gasteiger partial charge in [-0.15, -0.1) is 5.10 Å². The summed E-state index contributed by atoms with van der Waals surface area (Å²) in [6, 6.07) is 3.98. The van der Waals surface area contributed by atoms with Crippen molar-refractivity contribution in [2.45, 2.75) is 64.7 Å². The first-order valence-electron chi connectivity index (χ1n) is 9.96. The predicted octanol–water partition coefficient (Wildman–Crippen LogP) is 4.38. The summed E-state index contributed by atoms with van der Waals surface area (Å²) in [5.41, 5.74) is 1.34. The van der Waals surface area contributed by atoms with Crippen LogP contribution in [0.1, 0.15) is 46.5 Å². The Balaban J connectivity index is 1.45. The van der Waals surface area contributed by atoms with Crippen molar-refractivity contribution in [3.8, 4) is 5.75 Å². The molecular formula is C20H27BrN4O3. The lowest BCUT2D eigenvalue weighted by Crippen LogP contribution is -2.46. The minimum Gasteiger partial charge on any atom is -0.487 e. The number of hydrogen-bond acceptors (Lipinski definition) is 5. The van der Waals surface area contributed by atoms with Gasteiger partial charge in [-0.05, 0) is 80.4 Å². The number of amides is 1. The molecule has 1 aromatic heterocycles. The summed E-state index contributed by atoms with van der Waals surface area (Å²) in [7, 11) is 0. The molecule has 0 N–H and O–H groups in total. The van der Waals surface area contributed by atoms with Crippen LogP contribution in [0, 0.1) is 5.92 Å². The monoisotopic (exact) mass is 450 g/mol. The Labute approximate surface area is 173 Å². The molecule has 1 atom stereocenters. The van der Waals surface area contributed by atoms with Gasteiger partial charge in [0.15, 0.2) is 0 Å². The fraction of sp³-hybridized carbons (Fsp3) is 0.650. The number of rotatable bonds is 4. The first kappa shape index (κ1) is 19.5. The quantitative estimate of drug-likeness (QED) is 0.690. The first-order valence-corrected chi connectivity index (χ1v) is 10.8. The lowest BCUT2D eigenvalue weighted by atomic mass is 10.1. The Kier molecular flexibility index (Phi) is 5.24. The molecule has 4 rings (SSSR count). The van der Waals surface area contributed by atoms with Gasteiger partial charge in [0.25, 0.3) is 0 Å². The molecule has 152 valence electrons. The summed E-state index contributed by atoms with van der Waals surface area (Å²) in [5, 5.41) is 8.64. The number of fused-ring (bicyclic) bond motifs is 1. The van der Waals surface area contributed by atoms with E-state index in [0.717, 1.165) is 46.6 Å². The van der Waals surface area contributed by atoms with E-state index in [9.17, 15) is 4.79 Å². The van der Waals surface area contributed by atoms with E-state index < -0.39 is 5.60 Å². The van der Waals surface area contributed by atoms with Crippen LogP contribution in [0.25, 0.3) is 11.0 Å². The van der Waals surface area contributed by atoms with E-state index in [-0.39, 0.29) is 12.2 Å². The van der Waals surface area contributed by atoms with Crippen LogP contribution in [0.3, 0.4) is 0 Å². The molecule has 1 unspecified atom stereocenters. The number of carbonyl (C=O) groups excluding carboxylic acids is 1. The molecule has 7 nitrogen and oxygen atoms in total. The van der Waals surface area contributed by atoms with Crippen molar-refractivity contribution in [2.24, 2.45) is 5.92 Å². The molecule has 2 fully saturated rings. The number of hydrogen-bond donors (Lipinski definition) is 0. The molecule has 1 saturated heterocycles. The van der Waals surface area contributed by atoms with Gasteiger partial charge in [-0.1, -0.05) is 5.21 Å². The Morgan fingerprint density at radius 3 is 2.79 bits per heavy atom. The third kappa shape index (κ3) is 4.42. The van der Waals surface area contributed by atoms with Crippen molar-refractivity contribution < 1.29 is 14.3 Å². The van der Waals surface area contributed by atoms with Gasteiger partial charge in [-0.25, -0.2) is 9.48 Å². The number of benzene rings is 1. The van der Waals surface area contributed by atoms with Crippen molar-refractivity contribution in [3.05, 3.63) is 16.6 Å². The van der Waals surface area contributed by atoms with E-state index in [0.29, 0.717) is 13.1 Å². The summed E-state index contributed by atoms with van der Waals surface area (Å²) < 4.78 is 14.5. The first-order chi connectivity index (χ1) is 13.3. The number of halogens is 1. The molecule has 8 heteroatoms. The Morgan fingerprint density at radius 1 is 1.29 bits per heavy atom. The maximum atomic E-state index is 12.4. The van der Waals surface area contributed by atoms with Crippen LogP contribution in [0.4, 0.5) is 4.79 Å². The molecule has 1 aliphatic heterocycles. The molecule has 0 radical (unpaired) electrons. The maximum Gasteiger partial charge on any atom is 0.410 e. The average molecular weight is 451 g/mol. The number of nitrogens with zero attached hydrogens (tertiary/aromatic N) is 4. The molecule has 2 aromatic rings. The van der Waals surface area contributed by atoms with E-state index in [1.54, 1.807) is 4.90 Å². The fourth-order valence-corrected chi connectivity index (χ4v) is 3.97. The van der Waals surface area contributed by atoms with Crippen molar-refractivity contribution >= 4 is 33.1 Å². The highest BCUT2D eigenvalue weighted by molar-refractivity contribution is 9.10. The molecule has 0 bridgehead atoms. The zero-order chi connectivity index (χ0) is 19.9. The predicted molar refractivity (Wildman–Crippen MR) is 109 cm³/mol. The number of likely N-dealkylation sites (tertiary alicyclic amines) is 1. The zero-order valence-electron chi connectivity index (χ0n) is 16.7. The van der Waals surface area contributed by atoms with Crippen LogP contribution in [-0.4, -0.2) is 50.8 Å². The van der Waals surface area contributed by atoms with E-state index in [4.69, 9.17) is 9.47 Å². The molecule has 1 aliphatic carbocycles. The lowest BCUT2D eigenvalue weighted by molar-refractivity contribution is 0.00769. The van der Waals surface area contributed by atoms with Gasteiger partial charge in [0.2, 0.25) is 0 Å². The van der Waals surface area contributed by atoms with E-state index >= 15 is 0 Å². The van der Waals surface area contributed by atoms with Gasteiger partial charge in [-0.3, -0.25) is 0 Å². The van der Waals surface area contributed by atoms with E-state index in [2.05, 4.69) is 26.2 Å².